The van der Waals surface area contributed by atoms with Crippen LogP contribution >= 0.6 is 11.6 Å². The van der Waals surface area contributed by atoms with Gasteiger partial charge in [-0.1, -0.05) is 17.7 Å². The van der Waals surface area contributed by atoms with Crippen molar-refractivity contribution in [3.8, 4) is 0 Å². The van der Waals surface area contributed by atoms with Gasteiger partial charge in [-0.15, -0.1) is 0 Å². The Morgan fingerprint density at radius 1 is 1.12 bits per heavy atom. The fourth-order valence-corrected chi connectivity index (χ4v) is 4.99. The van der Waals surface area contributed by atoms with Gasteiger partial charge >= 0.3 is 12.1 Å². The molecule has 2 fully saturated rings. The molecule has 8 nitrogen and oxygen atoms in total. The molecule has 14 heteroatoms. The minimum absolute atomic E-state index is 0.0945. The highest BCUT2D eigenvalue weighted by Crippen LogP contribution is 2.33. The molecule has 2 aromatic carbocycles. The van der Waals surface area contributed by atoms with Crippen LogP contribution in [0.3, 0.4) is 0 Å². The SMILES string of the molecule is C[C@@H]1CN(CCC(F)(F)F)CCN1c1cc(Cl)ccc1NC(=O)c1ccc(CNC(=O)C2CCC(=O)O2)c(F)c1F. The number of anilines is 2. The number of ether oxygens (including phenoxy) is 1. The molecule has 0 aromatic heterocycles. The molecular formula is C27H28ClF5N4O4. The summed E-state index contributed by atoms with van der Waals surface area (Å²) in [4.78, 5) is 39.9. The number of rotatable bonds is 8. The highest BCUT2D eigenvalue weighted by molar-refractivity contribution is 6.31. The number of halogens is 6. The third kappa shape index (κ3) is 7.64. The first kappa shape index (κ1) is 30.5. The van der Waals surface area contributed by atoms with Crippen LogP contribution in [0.1, 0.15) is 42.1 Å². The summed E-state index contributed by atoms with van der Waals surface area (Å²) in [5.74, 6) is -4.82. The zero-order valence-electron chi connectivity index (χ0n) is 22.0. The second-order valence-corrected chi connectivity index (χ2v) is 10.4. The summed E-state index contributed by atoms with van der Waals surface area (Å²) in [7, 11) is 0. The fraction of sp³-hybridized carbons (Fsp3) is 0.444. The quantitative estimate of drug-likeness (QED) is 0.338. The topological polar surface area (TPSA) is 91.0 Å². The average Bonchev–Trinajstić information content (AvgIpc) is 3.35. The van der Waals surface area contributed by atoms with E-state index >= 15 is 0 Å². The van der Waals surface area contributed by atoms with E-state index in [-0.39, 0.29) is 43.2 Å². The number of carbonyl (C=O) groups excluding carboxylic acids is 3. The summed E-state index contributed by atoms with van der Waals surface area (Å²) in [6.07, 6.45) is -5.87. The van der Waals surface area contributed by atoms with E-state index in [0.717, 1.165) is 6.07 Å². The molecule has 2 atom stereocenters. The number of nitrogens with zero attached hydrogens (tertiary/aromatic N) is 2. The van der Waals surface area contributed by atoms with Crippen LogP contribution in [0.25, 0.3) is 0 Å². The van der Waals surface area contributed by atoms with Gasteiger partial charge < -0.3 is 20.3 Å². The van der Waals surface area contributed by atoms with Crippen LogP contribution in [0, 0.1) is 11.6 Å². The molecule has 0 aliphatic carbocycles. The van der Waals surface area contributed by atoms with E-state index in [9.17, 15) is 36.3 Å². The Kier molecular flexibility index (Phi) is 9.37. The Balaban J connectivity index is 1.44. The number of piperazine rings is 1. The molecule has 4 rings (SSSR count). The monoisotopic (exact) mass is 602 g/mol. The normalized spacial score (nSPS) is 19.7. The van der Waals surface area contributed by atoms with Crippen molar-refractivity contribution < 1.29 is 41.1 Å². The lowest BCUT2D eigenvalue weighted by Gasteiger charge is -2.42. The molecule has 2 saturated heterocycles. The van der Waals surface area contributed by atoms with Crippen molar-refractivity contribution in [2.75, 3.05) is 36.4 Å². The summed E-state index contributed by atoms with van der Waals surface area (Å²) in [6, 6.07) is 6.62. The van der Waals surface area contributed by atoms with E-state index in [1.807, 2.05) is 11.8 Å². The number of benzene rings is 2. The van der Waals surface area contributed by atoms with Gasteiger partial charge in [0.05, 0.1) is 23.4 Å². The Hall–Kier alpha value is -3.45. The lowest BCUT2D eigenvalue weighted by atomic mass is 10.1. The van der Waals surface area contributed by atoms with Gasteiger partial charge in [-0.2, -0.15) is 13.2 Å². The number of hydrogen-bond donors (Lipinski definition) is 2. The highest BCUT2D eigenvalue weighted by Gasteiger charge is 2.32. The summed E-state index contributed by atoms with van der Waals surface area (Å²) < 4.78 is 72.5. The van der Waals surface area contributed by atoms with E-state index in [2.05, 4.69) is 10.6 Å². The first-order valence-electron chi connectivity index (χ1n) is 12.9. The van der Waals surface area contributed by atoms with Gasteiger partial charge in [0.1, 0.15) is 0 Å². The van der Waals surface area contributed by atoms with Gasteiger partial charge in [0, 0.05) is 62.2 Å². The zero-order valence-corrected chi connectivity index (χ0v) is 22.7. The molecule has 2 amide bonds. The second kappa shape index (κ2) is 12.6. The Labute approximate surface area is 237 Å². The minimum Gasteiger partial charge on any atom is -0.452 e. The minimum atomic E-state index is -4.25. The van der Waals surface area contributed by atoms with E-state index in [4.69, 9.17) is 16.3 Å². The molecule has 0 spiro atoms. The van der Waals surface area contributed by atoms with Crippen LogP contribution in [-0.2, 0) is 20.9 Å². The third-order valence-corrected chi connectivity index (χ3v) is 7.21. The van der Waals surface area contributed by atoms with Crippen molar-refractivity contribution in [3.05, 3.63) is 58.1 Å². The predicted octanol–water partition coefficient (Wildman–Crippen LogP) is 4.66. The van der Waals surface area contributed by atoms with Crippen LogP contribution in [0.2, 0.25) is 5.02 Å². The van der Waals surface area contributed by atoms with Gasteiger partial charge in [-0.3, -0.25) is 19.3 Å². The second-order valence-electron chi connectivity index (χ2n) is 9.96. The van der Waals surface area contributed by atoms with Gasteiger partial charge in [-0.25, -0.2) is 8.78 Å². The van der Waals surface area contributed by atoms with E-state index < -0.39 is 53.7 Å². The number of hydrogen-bond acceptors (Lipinski definition) is 6. The number of alkyl halides is 3. The van der Waals surface area contributed by atoms with Gasteiger partial charge in [0.2, 0.25) is 0 Å². The molecule has 0 radical (unpaired) electrons. The molecule has 0 bridgehead atoms. The molecule has 2 heterocycles. The van der Waals surface area contributed by atoms with Crippen LogP contribution in [0.15, 0.2) is 30.3 Å². The summed E-state index contributed by atoms with van der Waals surface area (Å²) in [6.45, 7) is 2.37. The molecule has 2 aromatic rings. The van der Waals surface area contributed by atoms with Crippen LogP contribution < -0.4 is 15.5 Å². The van der Waals surface area contributed by atoms with Crippen LogP contribution in [0.4, 0.5) is 33.3 Å². The van der Waals surface area contributed by atoms with Crippen molar-refractivity contribution in [1.82, 2.24) is 10.2 Å². The molecule has 0 saturated carbocycles. The number of carbonyl (C=O) groups is 3. The van der Waals surface area contributed by atoms with Gasteiger partial charge in [0.25, 0.3) is 11.8 Å². The Bertz CT molecular complexity index is 1330. The maximum atomic E-state index is 14.9. The predicted molar refractivity (Wildman–Crippen MR) is 141 cm³/mol. The molecule has 2 aliphatic rings. The van der Waals surface area contributed by atoms with Gasteiger partial charge in [-0.05, 0) is 31.2 Å². The zero-order chi connectivity index (χ0) is 29.9. The molecule has 2 aliphatic heterocycles. The number of nitrogens with one attached hydrogen (secondary N) is 2. The largest absolute Gasteiger partial charge is 0.452 e. The highest BCUT2D eigenvalue weighted by atomic mass is 35.5. The molecule has 222 valence electrons. The average molecular weight is 603 g/mol. The summed E-state index contributed by atoms with van der Waals surface area (Å²) >= 11 is 6.19. The fourth-order valence-electron chi connectivity index (χ4n) is 4.82. The number of amides is 2. The van der Waals surface area contributed by atoms with E-state index in [1.54, 1.807) is 11.0 Å². The summed E-state index contributed by atoms with van der Waals surface area (Å²) in [5.41, 5.74) is -0.0340. The molecular weight excluding hydrogens is 575 g/mol. The van der Waals surface area contributed by atoms with Crippen molar-refractivity contribution in [1.29, 1.82) is 0 Å². The maximum Gasteiger partial charge on any atom is 0.390 e. The maximum absolute atomic E-state index is 14.9. The van der Waals surface area contributed by atoms with Crippen molar-refractivity contribution >= 4 is 40.8 Å². The van der Waals surface area contributed by atoms with E-state index in [0.29, 0.717) is 30.3 Å². The Morgan fingerprint density at radius 2 is 1.88 bits per heavy atom. The first-order valence-corrected chi connectivity index (χ1v) is 13.3. The first-order chi connectivity index (χ1) is 19.3. The molecule has 2 N–H and O–H groups in total. The smallest absolute Gasteiger partial charge is 0.390 e. The van der Waals surface area contributed by atoms with Gasteiger partial charge in [0.15, 0.2) is 17.7 Å². The van der Waals surface area contributed by atoms with Crippen LogP contribution in [0.5, 0.6) is 0 Å². The van der Waals surface area contributed by atoms with Crippen molar-refractivity contribution in [3.63, 3.8) is 0 Å². The number of esters is 1. The van der Waals surface area contributed by atoms with Crippen LogP contribution in [-0.4, -0.2) is 67.2 Å². The molecule has 1 unspecified atom stereocenters. The standard InChI is InChI=1S/C27H28ClF5N4O4/c1-15-14-36(9-8-27(31,32)33)10-11-37(15)20-12-17(28)3-5-19(20)35-25(39)18-4-2-16(23(29)24(18)30)13-34-26(40)21-6-7-22(38)41-21/h2-5,12,15,21H,6-11,13-14H2,1H3,(H,34,40)(H,35,39)/t15-,21?/m1/s1. The summed E-state index contributed by atoms with van der Waals surface area (Å²) in [5, 5.41) is 5.32. The van der Waals surface area contributed by atoms with Crippen molar-refractivity contribution in [2.24, 2.45) is 0 Å². The Morgan fingerprint density at radius 3 is 2.54 bits per heavy atom. The van der Waals surface area contributed by atoms with Crippen molar-refractivity contribution in [2.45, 2.75) is 51.1 Å². The van der Waals surface area contributed by atoms with E-state index in [1.165, 1.54) is 18.2 Å². The molecule has 41 heavy (non-hydrogen) atoms. The lowest BCUT2D eigenvalue weighted by molar-refractivity contribution is -0.148. The lowest BCUT2D eigenvalue weighted by Crippen LogP contribution is -2.52. The number of cyclic esters (lactones) is 1. The third-order valence-electron chi connectivity index (χ3n) is 6.98.